The van der Waals surface area contributed by atoms with Gasteiger partial charge in [-0.25, -0.2) is 0 Å². The predicted octanol–water partition coefficient (Wildman–Crippen LogP) is 3.58. The molecule has 0 bridgehead atoms. The van der Waals surface area contributed by atoms with Crippen molar-refractivity contribution in [3.63, 3.8) is 0 Å². The van der Waals surface area contributed by atoms with Crippen LogP contribution < -0.4 is 0 Å². The number of thioether (sulfide) groups is 1. The number of hydrogen-bond donors (Lipinski definition) is 0. The Labute approximate surface area is 109 Å². The van der Waals surface area contributed by atoms with E-state index in [4.69, 9.17) is 0 Å². The molecule has 3 nitrogen and oxygen atoms in total. The lowest BCUT2D eigenvalue weighted by atomic mass is 10.2. The minimum absolute atomic E-state index is 0.0308. The molecule has 1 aliphatic heterocycles. The summed E-state index contributed by atoms with van der Waals surface area (Å²) < 4.78 is 0. The molecule has 0 saturated carbocycles. The van der Waals surface area contributed by atoms with E-state index >= 15 is 0 Å². The van der Waals surface area contributed by atoms with Crippen LogP contribution in [-0.4, -0.2) is 22.1 Å². The zero-order valence-electron chi connectivity index (χ0n) is 9.67. The zero-order chi connectivity index (χ0) is 12.4. The lowest BCUT2D eigenvalue weighted by Gasteiger charge is -2.19. The van der Waals surface area contributed by atoms with Gasteiger partial charge < -0.3 is 0 Å². The summed E-state index contributed by atoms with van der Waals surface area (Å²) in [5, 5.41) is 1.79. The van der Waals surface area contributed by atoms with E-state index < -0.39 is 0 Å². The Kier molecular flexibility index (Phi) is 3.69. The number of thiophene rings is 1. The highest BCUT2D eigenvalue weighted by atomic mass is 32.2. The molecule has 2 heterocycles. The quantitative estimate of drug-likeness (QED) is 0.785. The lowest BCUT2D eigenvalue weighted by molar-refractivity contribution is -0.124. The standard InChI is InChI=1S/C12H13NO2S2/c1-3-8(2)13-11(14)10(17-12(13)15)7-9-5-4-6-16-9/h4-8H,3H2,1-2H3/b10-7+/t8-/m0/s1. The van der Waals surface area contributed by atoms with Crippen molar-refractivity contribution in [2.24, 2.45) is 0 Å². The zero-order valence-corrected chi connectivity index (χ0v) is 11.3. The van der Waals surface area contributed by atoms with Crippen LogP contribution in [0, 0.1) is 0 Å². The molecule has 1 saturated heterocycles. The topological polar surface area (TPSA) is 37.4 Å². The molecule has 0 radical (unpaired) electrons. The van der Waals surface area contributed by atoms with Gasteiger partial charge in [0.1, 0.15) is 0 Å². The number of carbonyl (C=O) groups excluding carboxylic acids is 2. The minimum atomic E-state index is -0.164. The van der Waals surface area contributed by atoms with Crippen LogP contribution in [-0.2, 0) is 4.79 Å². The van der Waals surface area contributed by atoms with E-state index in [1.54, 1.807) is 17.4 Å². The molecule has 5 heteroatoms. The molecule has 0 unspecified atom stereocenters. The highest BCUT2D eigenvalue weighted by Gasteiger charge is 2.37. The van der Waals surface area contributed by atoms with E-state index in [-0.39, 0.29) is 17.2 Å². The monoisotopic (exact) mass is 267 g/mol. The Morgan fingerprint density at radius 3 is 2.82 bits per heavy atom. The first kappa shape index (κ1) is 12.4. The Morgan fingerprint density at radius 1 is 1.47 bits per heavy atom. The van der Waals surface area contributed by atoms with Crippen molar-refractivity contribution >= 4 is 40.3 Å². The fourth-order valence-electron chi connectivity index (χ4n) is 1.55. The van der Waals surface area contributed by atoms with Crippen molar-refractivity contribution in [1.29, 1.82) is 0 Å². The number of rotatable bonds is 3. The fraction of sp³-hybridized carbons (Fsp3) is 0.333. The average Bonchev–Trinajstić information content (AvgIpc) is 2.89. The van der Waals surface area contributed by atoms with Gasteiger partial charge in [-0.2, -0.15) is 0 Å². The van der Waals surface area contributed by atoms with E-state index in [2.05, 4.69) is 0 Å². The minimum Gasteiger partial charge on any atom is -0.268 e. The van der Waals surface area contributed by atoms with Gasteiger partial charge in [0.2, 0.25) is 0 Å². The SMILES string of the molecule is CC[C@H](C)N1C(=O)S/C(=C/c2cccs2)C1=O. The van der Waals surface area contributed by atoms with E-state index in [0.717, 1.165) is 23.1 Å². The number of hydrogen-bond acceptors (Lipinski definition) is 4. The van der Waals surface area contributed by atoms with Crippen LogP contribution in [0.25, 0.3) is 6.08 Å². The maximum Gasteiger partial charge on any atom is 0.293 e. The van der Waals surface area contributed by atoms with Crippen LogP contribution in [0.5, 0.6) is 0 Å². The van der Waals surface area contributed by atoms with Gasteiger partial charge in [-0.1, -0.05) is 13.0 Å². The second kappa shape index (κ2) is 5.06. The maximum atomic E-state index is 12.1. The molecule has 0 aliphatic carbocycles. The second-order valence-electron chi connectivity index (χ2n) is 3.82. The van der Waals surface area contributed by atoms with E-state index in [1.165, 1.54) is 4.90 Å². The fourth-order valence-corrected chi connectivity index (χ4v) is 3.20. The first-order valence-corrected chi connectivity index (χ1v) is 7.13. The van der Waals surface area contributed by atoms with Crippen LogP contribution in [0.15, 0.2) is 22.4 Å². The Balaban J connectivity index is 2.24. The molecular weight excluding hydrogens is 254 g/mol. The van der Waals surface area contributed by atoms with Crippen LogP contribution >= 0.6 is 23.1 Å². The summed E-state index contributed by atoms with van der Waals surface area (Å²) in [6.07, 6.45) is 2.57. The van der Waals surface area contributed by atoms with Gasteiger partial charge >= 0.3 is 0 Å². The molecule has 1 aliphatic rings. The first-order chi connectivity index (χ1) is 8.13. The molecule has 1 fully saturated rings. The first-order valence-electron chi connectivity index (χ1n) is 5.44. The van der Waals surface area contributed by atoms with Crippen molar-refractivity contribution in [2.45, 2.75) is 26.3 Å². The van der Waals surface area contributed by atoms with E-state index in [9.17, 15) is 9.59 Å². The molecule has 0 N–H and O–H groups in total. The van der Waals surface area contributed by atoms with Gasteiger partial charge in [0.05, 0.1) is 4.91 Å². The molecule has 2 amide bonds. The van der Waals surface area contributed by atoms with Crippen molar-refractivity contribution in [1.82, 2.24) is 4.90 Å². The van der Waals surface area contributed by atoms with Crippen LogP contribution in [0.2, 0.25) is 0 Å². The van der Waals surface area contributed by atoms with Gasteiger partial charge in [0.25, 0.3) is 11.1 Å². The van der Waals surface area contributed by atoms with Gasteiger partial charge in [-0.15, -0.1) is 11.3 Å². The molecule has 1 aromatic heterocycles. The molecule has 0 spiro atoms. The highest BCUT2D eigenvalue weighted by molar-refractivity contribution is 8.18. The van der Waals surface area contributed by atoms with Crippen LogP contribution in [0.4, 0.5) is 4.79 Å². The number of nitrogens with zero attached hydrogens (tertiary/aromatic N) is 1. The van der Waals surface area contributed by atoms with E-state index in [0.29, 0.717) is 4.91 Å². The smallest absolute Gasteiger partial charge is 0.268 e. The Hall–Kier alpha value is -1.07. The van der Waals surface area contributed by atoms with Gasteiger partial charge in [-0.3, -0.25) is 14.5 Å². The lowest BCUT2D eigenvalue weighted by Crippen LogP contribution is -2.36. The summed E-state index contributed by atoms with van der Waals surface area (Å²) in [5.41, 5.74) is 0. The van der Waals surface area contributed by atoms with E-state index in [1.807, 2.05) is 31.4 Å². The Bertz CT molecular complexity index is 465. The third-order valence-corrected chi connectivity index (χ3v) is 4.37. The average molecular weight is 267 g/mol. The van der Waals surface area contributed by atoms with Crippen molar-refractivity contribution in [2.75, 3.05) is 0 Å². The third kappa shape index (κ3) is 2.45. The maximum absolute atomic E-state index is 12.1. The molecule has 1 atom stereocenters. The van der Waals surface area contributed by atoms with Gasteiger partial charge in [0.15, 0.2) is 0 Å². The second-order valence-corrected chi connectivity index (χ2v) is 5.80. The molecule has 2 rings (SSSR count). The van der Waals surface area contributed by atoms with Gasteiger partial charge in [0, 0.05) is 10.9 Å². The summed E-state index contributed by atoms with van der Waals surface area (Å²) in [6.45, 7) is 3.86. The molecule has 17 heavy (non-hydrogen) atoms. The van der Waals surface area contributed by atoms with Gasteiger partial charge in [-0.05, 0) is 42.6 Å². The molecule has 1 aromatic rings. The molecular formula is C12H13NO2S2. The summed E-state index contributed by atoms with van der Waals surface area (Å²) in [4.78, 5) is 26.7. The molecule has 90 valence electrons. The van der Waals surface area contributed by atoms with Crippen molar-refractivity contribution < 1.29 is 9.59 Å². The Morgan fingerprint density at radius 2 is 2.24 bits per heavy atom. The summed E-state index contributed by atoms with van der Waals surface area (Å²) in [5.74, 6) is -0.164. The summed E-state index contributed by atoms with van der Waals surface area (Å²) in [6, 6.07) is 3.83. The number of amides is 2. The summed E-state index contributed by atoms with van der Waals surface area (Å²) >= 11 is 2.59. The van der Waals surface area contributed by atoms with Crippen molar-refractivity contribution in [3.05, 3.63) is 27.3 Å². The number of imide groups is 1. The molecule has 0 aromatic carbocycles. The normalized spacial score (nSPS) is 20.4. The summed E-state index contributed by atoms with van der Waals surface area (Å²) in [7, 11) is 0. The predicted molar refractivity (Wildman–Crippen MR) is 71.9 cm³/mol. The highest BCUT2D eigenvalue weighted by Crippen LogP contribution is 2.34. The largest absolute Gasteiger partial charge is 0.293 e. The third-order valence-electron chi connectivity index (χ3n) is 2.67. The number of carbonyl (C=O) groups is 2. The van der Waals surface area contributed by atoms with Crippen LogP contribution in [0.1, 0.15) is 25.1 Å². The van der Waals surface area contributed by atoms with Crippen LogP contribution in [0.3, 0.4) is 0 Å². The van der Waals surface area contributed by atoms with Crippen molar-refractivity contribution in [3.8, 4) is 0 Å².